The van der Waals surface area contributed by atoms with E-state index in [0.717, 1.165) is 16.5 Å². The standard InChI is InChI=1S/C9H7IN4/c11-9-12-3-5-1-2-7-6(4-13-10-7)8(5)14-9/h1-4,10H,(H2,11,12,14). The number of nitrogens with zero attached hydrogens (tertiary/aromatic N) is 3. The summed E-state index contributed by atoms with van der Waals surface area (Å²) in [6.07, 6.45) is 3.66. The van der Waals surface area contributed by atoms with Crippen LogP contribution in [0, 0.1) is 3.57 Å². The summed E-state index contributed by atoms with van der Waals surface area (Å²) in [7, 11) is 0. The molecule has 1 aliphatic rings. The molecule has 3 rings (SSSR count). The van der Waals surface area contributed by atoms with Gasteiger partial charge in [-0.25, -0.2) is 0 Å². The van der Waals surface area contributed by atoms with Gasteiger partial charge in [-0.05, 0) is 0 Å². The van der Waals surface area contributed by atoms with Gasteiger partial charge < -0.3 is 0 Å². The van der Waals surface area contributed by atoms with E-state index in [9.17, 15) is 0 Å². The van der Waals surface area contributed by atoms with Crippen LogP contribution in [0.15, 0.2) is 21.5 Å². The molecule has 70 valence electrons. The Hall–Kier alpha value is -1.24. The first-order chi connectivity index (χ1) is 6.84. The summed E-state index contributed by atoms with van der Waals surface area (Å²) in [4.78, 5) is 8.21. The normalized spacial score (nSPS) is 14.0. The van der Waals surface area contributed by atoms with Crippen molar-refractivity contribution in [2.24, 2.45) is 3.21 Å². The van der Waals surface area contributed by atoms with Crippen molar-refractivity contribution >= 4 is 44.5 Å². The predicted octanol–water partition coefficient (Wildman–Crippen LogP) is 1.43. The van der Waals surface area contributed by atoms with E-state index in [0.29, 0.717) is 5.95 Å². The van der Waals surface area contributed by atoms with E-state index in [1.165, 1.54) is 3.57 Å². The molecule has 0 saturated heterocycles. The van der Waals surface area contributed by atoms with Crippen molar-refractivity contribution in [2.45, 2.75) is 0 Å². The third kappa shape index (κ3) is 1.08. The van der Waals surface area contributed by atoms with E-state index in [2.05, 4.69) is 19.2 Å². The van der Waals surface area contributed by atoms with Gasteiger partial charge in [0.05, 0.1) is 0 Å². The first kappa shape index (κ1) is 8.10. The van der Waals surface area contributed by atoms with Crippen molar-refractivity contribution in [2.75, 3.05) is 5.73 Å². The van der Waals surface area contributed by atoms with E-state index in [1.807, 2.05) is 12.3 Å². The molecule has 2 aromatic rings. The van der Waals surface area contributed by atoms with Crippen LogP contribution in [0.1, 0.15) is 5.56 Å². The zero-order chi connectivity index (χ0) is 9.54. The average Bonchev–Trinajstić information content (AvgIpc) is 2.65. The fourth-order valence-electron chi connectivity index (χ4n) is 1.45. The Labute approximate surface area is 90.9 Å². The summed E-state index contributed by atoms with van der Waals surface area (Å²) in [5.41, 5.74) is 7.63. The van der Waals surface area contributed by atoms with Crippen LogP contribution in [-0.4, -0.2) is 16.2 Å². The third-order valence-electron chi connectivity index (χ3n) is 2.10. The molecule has 0 radical (unpaired) electrons. The van der Waals surface area contributed by atoms with Gasteiger partial charge >= 0.3 is 90.9 Å². The number of halogens is 1. The van der Waals surface area contributed by atoms with Crippen molar-refractivity contribution < 1.29 is 0 Å². The Balaban J connectivity index is 2.46. The Kier molecular flexibility index (Phi) is 1.66. The number of nitrogen functional groups attached to an aromatic ring is 1. The van der Waals surface area contributed by atoms with Gasteiger partial charge in [-0.2, -0.15) is 0 Å². The summed E-state index contributed by atoms with van der Waals surface area (Å²) in [6, 6.07) is 4.15. The molecule has 0 aliphatic carbocycles. The molecule has 0 bridgehead atoms. The van der Waals surface area contributed by atoms with Gasteiger partial charge in [0, 0.05) is 0 Å². The van der Waals surface area contributed by atoms with E-state index in [-0.39, 0.29) is 21.5 Å². The summed E-state index contributed by atoms with van der Waals surface area (Å²) in [5, 5.41) is 1.03. The van der Waals surface area contributed by atoms with Crippen molar-refractivity contribution in [3.63, 3.8) is 0 Å². The Morgan fingerprint density at radius 2 is 2.21 bits per heavy atom. The van der Waals surface area contributed by atoms with Crippen LogP contribution in [0.3, 0.4) is 0 Å². The average molecular weight is 298 g/mol. The molecule has 5 heteroatoms. The minimum atomic E-state index is -0.365. The maximum atomic E-state index is 5.56. The molecule has 1 aliphatic heterocycles. The predicted molar refractivity (Wildman–Crippen MR) is 65.7 cm³/mol. The third-order valence-corrected chi connectivity index (χ3v) is 4.28. The molecule has 0 fully saturated rings. The van der Waals surface area contributed by atoms with Crippen molar-refractivity contribution in [3.05, 3.63) is 27.5 Å². The van der Waals surface area contributed by atoms with Crippen LogP contribution in [-0.2, 0) is 0 Å². The number of benzene rings is 1. The van der Waals surface area contributed by atoms with E-state index in [4.69, 9.17) is 5.73 Å². The number of hydrogen-bond acceptors (Lipinski definition) is 4. The van der Waals surface area contributed by atoms with Gasteiger partial charge in [-0.15, -0.1) is 0 Å². The van der Waals surface area contributed by atoms with Gasteiger partial charge in [-0.3, -0.25) is 0 Å². The molecular formula is C9H7IN4. The summed E-state index contributed by atoms with van der Waals surface area (Å²) < 4.78 is 5.67. The molecule has 2 N–H and O–H groups in total. The topological polar surface area (TPSA) is 64.2 Å². The van der Waals surface area contributed by atoms with Crippen molar-refractivity contribution in [3.8, 4) is 0 Å². The Morgan fingerprint density at radius 3 is 3.14 bits per heavy atom. The fraction of sp³-hybridized carbons (Fsp3) is 0. The molecule has 0 atom stereocenters. The quantitative estimate of drug-likeness (QED) is 0.748. The second kappa shape index (κ2) is 2.88. The van der Waals surface area contributed by atoms with E-state index < -0.39 is 0 Å². The number of nitrogens with two attached hydrogens (primary N) is 1. The van der Waals surface area contributed by atoms with Gasteiger partial charge in [0.25, 0.3) is 0 Å². The SMILES string of the molecule is Nc1ncc2ccc3c(c2n1)C=N[IH]3. The van der Waals surface area contributed by atoms with Crippen LogP contribution in [0.2, 0.25) is 0 Å². The van der Waals surface area contributed by atoms with Gasteiger partial charge in [0.15, 0.2) is 0 Å². The first-order valence-electron chi connectivity index (χ1n) is 4.10. The van der Waals surface area contributed by atoms with Gasteiger partial charge in [-0.1, -0.05) is 0 Å². The number of hydrogen-bond donors (Lipinski definition) is 1. The van der Waals surface area contributed by atoms with E-state index >= 15 is 0 Å². The Bertz CT molecular complexity index is 550. The molecule has 2 heterocycles. The molecule has 0 spiro atoms. The molecule has 0 saturated carbocycles. The van der Waals surface area contributed by atoms with Gasteiger partial charge in [0.2, 0.25) is 0 Å². The summed E-state index contributed by atoms with van der Waals surface area (Å²) in [6.45, 7) is 0. The minimum absolute atomic E-state index is 0.326. The van der Waals surface area contributed by atoms with E-state index in [1.54, 1.807) is 6.20 Å². The summed E-state index contributed by atoms with van der Waals surface area (Å²) in [5.74, 6) is 0.326. The van der Waals surface area contributed by atoms with Crippen molar-refractivity contribution in [1.82, 2.24) is 9.97 Å². The molecule has 4 nitrogen and oxygen atoms in total. The molecule has 1 aromatic carbocycles. The van der Waals surface area contributed by atoms with Crippen molar-refractivity contribution in [1.29, 1.82) is 0 Å². The molecule has 1 aromatic heterocycles. The molecule has 0 amide bonds. The van der Waals surface area contributed by atoms with Crippen LogP contribution in [0.5, 0.6) is 0 Å². The number of rotatable bonds is 0. The number of anilines is 1. The first-order valence-corrected chi connectivity index (χ1v) is 6.31. The van der Waals surface area contributed by atoms with Crippen LogP contribution in [0.25, 0.3) is 10.9 Å². The number of aromatic nitrogens is 2. The second-order valence-corrected chi connectivity index (χ2v) is 5.35. The summed E-state index contributed by atoms with van der Waals surface area (Å²) >= 11 is -0.365. The van der Waals surface area contributed by atoms with Crippen LogP contribution in [0.4, 0.5) is 5.95 Å². The molecule has 14 heavy (non-hydrogen) atoms. The molecular weight excluding hydrogens is 291 g/mol. The Morgan fingerprint density at radius 1 is 1.29 bits per heavy atom. The zero-order valence-electron chi connectivity index (χ0n) is 7.14. The second-order valence-electron chi connectivity index (χ2n) is 2.97. The van der Waals surface area contributed by atoms with Crippen LogP contribution >= 0.6 is 21.5 Å². The maximum absolute atomic E-state index is 5.56. The fourth-order valence-corrected chi connectivity index (χ4v) is 3.30. The monoisotopic (exact) mass is 298 g/mol. The zero-order valence-corrected chi connectivity index (χ0v) is 9.47. The van der Waals surface area contributed by atoms with Crippen LogP contribution < -0.4 is 5.73 Å². The molecule has 0 unspecified atom stereocenters. The number of fused-ring (bicyclic) bond motifs is 3. The van der Waals surface area contributed by atoms with Gasteiger partial charge in [0.1, 0.15) is 0 Å².